The number of piperazine rings is 1. The lowest BCUT2D eigenvalue weighted by Crippen LogP contribution is -2.57. The summed E-state index contributed by atoms with van der Waals surface area (Å²) in [6, 6.07) is -0.112. The minimum Gasteiger partial charge on any atom is -0.352 e. The molecule has 8 nitrogen and oxygen atoms in total. The van der Waals surface area contributed by atoms with Crippen LogP contribution < -0.4 is 10.2 Å². The van der Waals surface area contributed by atoms with Crippen LogP contribution in [0, 0.1) is 0 Å². The summed E-state index contributed by atoms with van der Waals surface area (Å²) in [5.74, 6) is 0.524. The Morgan fingerprint density at radius 2 is 2.10 bits per heavy atom. The van der Waals surface area contributed by atoms with Crippen LogP contribution in [0.3, 0.4) is 0 Å². The van der Waals surface area contributed by atoms with Crippen molar-refractivity contribution in [1.29, 1.82) is 0 Å². The zero-order chi connectivity index (χ0) is 20.3. The van der Waals surface area contributed by atoms with E-state index in [0.717, 1.165) is 5.69 Å². The molecule has 0 spiro atoms. The smallest absolute Gasteiger partial charge is 0.352 e. The van der Waals surface area contributed by atoms with Crippen LogP contribution in [-0.2, 0) is 11.8 Å². The van der Waals surface area contributed by atoms with Gasteiger partial charge in [-0.15, -0.1) is 24.0 Å². The van der Waals surface area contributed by atoms with Crippen LogP contribution in [0.4, 0.5) is 18.9 Å². The lowest BCUT2D eigenvalue weighted by Gasteiger charge is -2.36. The summed E-state index contributed by atoms with van der Waals surface area (Å²) < 4.78 is 39.4. The number of guanidine groups is 1. The topological polar surface area (TPSA) is 69.0 Å². The first-order valence-electron chi connectivity index (χ1n) is 9.39. The van der Waals surface area contributed by atoms with E-state index in [1.807, 2.05) is 11.8 Å². The SMILES string of the molecule is CCN=C(NC1CCN(CC(F)(F)F)C1)N1CCN(c2cnn(C)c2)C(=O)C1.I. The summed E-state index contributed by atoms with van der Waals surface area (Å²) in [4.78, 5) is 22.0. The maximum atomic E-state index is 12.6. The summed E-state index contributed by atoms with van der Waals surface area (Å²) in [6.45, 7) is 3.48. The van der Waals surface area contributed by atoms with Crippen molar-refractivity contribution >= 4 is 41.5 Å². The van der Waals surface area contributed by atoms with E-state index in [1.165, 1.54) is 4.90 Å². The zero-order valence-corrected chi connectivity index (χ0v) is 18.9. The molecular formula is C17H27F3IN7O. The molecule has 2 saturated heterocycles. The minimum atomic E-state index is -4.19. The highest BCUT2D eigenvalue weighted by Crippen LogP contribution is 2.20. The monoisotopic (exact) mass is 529 g/mol. The van der Waals surface area contributed by atoms with Gasteiger partial charge < -0.3 is 15.1 Å². The largest absolute Gasteiger partial charge is 0.401 e. The van der Waals surface area contributed by atoms with Gasteiger partial charge in [-0.3, -0.25) is 19.4 Å². The number of halogens is 4. The van der Waals surface area contributed by atoms with Crippen LogP contribution in [0.5, 0.6) is 0 Å². The number of carbonyl (C=O) groups is 1. The van der Waals surface area contributed by atoms with Gasteiger partial charge in [0.25, 0.3) is 0 Å². The van der Waals surface area contributed by atoms with Gasteiger partial charge in [0, 0.05) is 52.0 Å². The molecule has 12 heteroatoms. The molecule has 1 aromatic rings. The fraction of sp³-hybridized carbons (Fsp3) is 0.706. The Balaban J connectivity index is 0.00000300. The van der Waals surface area contributed by atoms with Crippen LogP contribution in [0.15, 0.2) is 17.4 Å². The molecule has 0 radical (unpaired) electrons. The van der Waals surface area contributed by atoms with Gasteiger partial charge >= 0.3 is 6.18 Å². The van der Waals surface area contributed by atoms with Crippen molar-refractivity contribution in [1.82, 2.24) is 24.9 Å². The molecule has 3 rings (SSSR count). The highest BCUT2D eigenvalue weighted by Gasteiger charge is 2.35. The number of aromatic nitrogens is 2. The van der Waals surface area contributed by atoms with Crippen LogP contribution in [0.1, 0.15) is 13.3 Å². The van der Waals surface area contributed by atoms with Gasteiger partial charge in [0.2, 0.25) is 5.91 Å². The third-order valence-electron chi connectivity index (χ3n) is 4.84. The number of hydrogen-bond donors (Lipinski definition) is 1. The van der Waals surface area contributed by atoms with Crippen LogP contribution in [-0.4, -0.2) is 89.5 Å². The molecule has 0 aromatic carbocycles. The predicted molar refractivity (Wildman–Crippen MR) is 115 cm³/mol. The first-order valence-corrected chi connectivity index (χ1v) is 9.39. The Kier molecular flexibility index (Phi) is 8.14. The summed E-state index contributed by atoms with van der Waals surface area (Å²) in [5, 5.41) is 7.36. The molecule has 2 fully saturated rings. The molecule has 1 unspecified atom stereocenters. The van der Waals surface area contributed by atoms with Crippen LogP contribution in [0.25, 0.3) is 0 Å². The fourth-order valence-corrected chi connectivity index (χ4v) is 3.59. The number of rotatable bonds is 4. The van der Waals surface area contributed by atoms with Crippen LogP contribution >= 0.6 is 24.0 Å². The van der Waals surface area contributed by atoms with E-state index in [9.17, 15) is 18.0 Å². The fourth-order valence-electron chi connectivity index (χ4n) is 3.59. The maximum Gasteiger partial charge on any atom is 0.401 e. The first kappa shape index (κ1) is 23.7. The van der Waals surface area contributed by atoms with Gasteiger partial charge in [-0.2, -0.15) is 18.3 Å². The molecule has 0 aliphatic carbocycles. The van der Waals surface area contributed by atoms with E-state index in [-0.39, 0.29) is 42.5 Å². The summed E-state index contributed by atoms with van der Waals surface area (Å²) in [6.07, 6.45) is -0.131. The second kappa shape index (κ2) is 9.96. The van der Waals surface area contributed by atoms with Crippen molar-refractivity contribution in [3.63, 3.8) is 0 Å². The molecule has 29 heavy (non-hydrogen) atoms. The van der Waals surface area contributed by atoms with E-state index in [1.54, 1.807) is 29.0 Å². The third-order valence-corrected chi connectivity index (χ3v) is 4.84. The van der Waals surface area contributed by atoms with Gasteiger partial charge in [-0.1, -0.05) is 0 Å². The Labute approximate surface area is 185 Å². The molecule has 1 amide bonds. The van der Waals surface area contributed by atoms with Gasteiger partial charge in [-0.05, 0) is 13.3 Å². The Bertz CT molecular complexity index is 724. The Morgan fingerprint density at radius 1 is 1.34 bits per heavy atom. The third kappa shape index (κ3) is 6.46. The quantitative estimate of drug-likeness (QED) is 0.362. The summed E-state index contributed by atoms with van der Waals surface area (Å²) >= 11 is 0. The molecule has 1 N–H and O–H groups in total. The van der Waals surface area contributed by atoms with E-state index < -0.39 is 12.7 Å². The standard InChI is InChI=1S/C17H26F3N7O.HI/c1-3-21-16(23-13-4-5-25(9-13)12-17(18,19)20)26-6-7-27(15(28)11-26)14-8-22-24(2)10-14;/h8,10,13H,3-7,9,11-12H2,1-2H3,(H,21,23);1H. The van der Waals surface area contributed by atoms with Crippen molar-refractivity contribution < 1.29 is 18.0 Å². The van der Waals surface area contributed by atoms with E-state index >= 15 is 0 Å². The van der Waals surface area contributed by atoms with Gasteiger partial charge in [0.15, 0.2) is 5.96 Å². The first-order chi connectivity index (χ1) is 13.2. The second-order valence-corrected chi connectivity index (χ2v) is 7.12. The normalized spacial score (nSPS) is 21.5. The Hall–Kier alpha value is -1.57. The number of anilines is 1. The summed E-state index contributed by atoms with van der Waals surface area (Å²) in [5.41, 5.74) is 0.757. The summed E-state index contributed by atoms with van der Waals surface area (Å²) in [7, 11) is 1.80. The van der Waals surface area contributed by atoms with Gasteiger partial charge in [0.1, 0.15) is 6.54 Å². The van der Waals surface area contributed by atoms with Gasteiger partial charge in [0.05, 0.1) is 18.4 Å². The molecular weight excluding hydrogens is 502 g/mol. The Morgan fingerprint density at radius 3 is 2.69 bits per heavy atom. The lowest BCUT2D eigenvalue weighted by molar-refractivity contribution is -0.143. The van der Waals surface area contributed by atoms with E-state index in [2.05, 4.69) is 15.4 Å². The molecule has 3 heterocycles. The van der Waals surface area contributed by atoms with Crippen molar-refractivity contribution in [3.05, 3.63) is 12.4 Å². The molecule has 2 aliphatic heterocycles. The number of aliphatic imine (C=N–C) groups is 1. The molecule has 1 aromatic heterocycles. The van der Waals surface area contributed by atoms with Gasteiger partial charge in [-0.25, -0.2) is 0 Å². The zero-order valence-electron chi connectivity index (χ0n) is 16.5. The molecule has 164 valence electrons. The average Bonchev–Trinajstić information content (AvgIpc) is 3.22. The number of hydrogen-bond acceptors (Lipinski definition) is 4. The average molecular weight is 529 g/mol. The van der Waals surface area contributed by atoms with Crippen LogP contribution in [0.2, 0.25) is 0 Å². The second-order valence-electron chi connectivity index (χ2n) is 7.12. The highest BCUT2D eigenvalue weighted by molar-refractivity contribution is 14.0. The van der Waals surface area contributed by atoms with Crippen molar-refractivity contribution in [2.24, 2.45) is 12.0 Å². The number of carbonyl (C=O) groups excluding carboxylic acids is 1. The van der Waals surface area contributed by atoms with Crippen molar-refractivity contribution in [3.8, 4) is 0 Å². The molecule has 0 saturated carbocycles. The van der Waals surface area contributed by atoms with Crippen molar-refractivity contribution in [2.45, 2.75) is 25.6 Å². The highest BCUT2D eigenvalue weighted by atomic mass is 127. The molecule has 1 atom stereocenters. The number of nitrogens with zero attached hydrogens (tertiary/aromatic N) is 6. The molecule has 2 aliphatic rings. The lowest BCUT2D eigenvalue weighted by atomic mass is 10.2. The number of likely N-dealkylation sites (tertiary alicyclic amines) is 1. The molecule has 0 bridgehead atoms. The number of aryl methyl sites for hydroxylation is 1. The van der Waals surface area contributed by atoms with E-state index in [4.69, 9.17) is 0 Å². The number of nitrogens with one attached hydrogen (secondary N) is 1. The number of alkyl halides is 3. The van der Waals surface area contributed by atoms with E-state index in [0.29, 0.717) is 45.1 Å². The van der Waals surface area contributed by atoms with Crippen molar-refractivity contribution in [2.75, 3.05) is 50.7 Å². The number of amides is 1. The predicted octanol–water partition coefficient (Wildman–Crippen LogP) is 1.29. The minimum absolute atomic E-state index is 0. The maximum absolute atomic E-state index is 12.6.